The van der Waals surface area contributed by atoms with Crippen molar-refractivity contribution >= 4 is 39.4 Å². The molecule has 7 nitrogen and oxygen atoms in total. The van der Waals surface area contributed by atoms with Crippen LogP contribution in [0, 0.1) is 0 Å². The number of carbonyl (C=O) groups excluding carboxylic acids is 1. The molecule has 0 radical (unpaired) electrons. The standard InChI is InChI=1S/C29H33ClN4O3/c1-36-23-6-7-25-20(16-23)17-26(31-25)29(35)34-12-3-2-4-22(34)11-15-33-13-9-19(10-14-33)28-24-18-21(30)5-8-27(24)37-32-28/h5-8,16-19,22,31H,2-4,9-15H2,1H3/t22-/m0/s1. The number of likely N-dealkylation sites (tertiary alicyclic amines) is 2. The summed E-state index contributed by atoms with van der Waals surface area (Å²) in [5.41, 5.74) is 3.47. The van der Waals surface area contributed by atoms with E-state index in [2.05, 4.69) is 19.9 Å². The monoisotopic (exact) mass is 520 g/mol. The van der Waals surface area contributed by atoms with Crippen LogP contribution in [-0.2, 0) is 0 Å². The third kappa shape index (κ3) is 4.94. The number of nitrogens with zero attached hydrogens (tertiary/aromatic N) is 3. The number of aromatic nitrogens is 2. The molecule has 2 aliphatic heterocycles. The number of piperidine rings is 2. The Morgan fingerprint density at radius 1 is 1.11 bits per heavy atom. The number of fused-ring (bicyclic) bond motifs is 2. The van der Waals surface area contributed by atoms with E-state index in [9.17, 15) is 4.79 Å². The van der Waals surface area contributed by atoms with Gasteiger partial charge in [-0.1, -0.05) is 16.8 Å². The van der Waals surface area contributed by atoms with Gasteiger partial charge in [0.2, 0.25) is 0 Å². The lowest BCUT2D eigenvalue weighted by Gasteiger charge is -2.38. The molecule has 2 aromatic carbocycles. The van der Waals surface area contributed by atoms with Gasteiger partial charge in [0, 0.05) is 46.4 Å². The van der Waals surface area contributed by atoms with Crippen molar-refractivity contribution in [2.45, 2.75) is 50.5 Å². The molecule has 0 spiro atoms. The van der Waals surface area contributed by atoms with Gasteiger partial charge in [0.25, 0.3) is 5.91 Å². The van der Waals surface area contributed by atoms with Crippen LogP contribution in [0.4, 0.5) is 0 Å². The number of hydrogen-bond acceptors (Lipinski definition) is 5. The molecule has 2 fully saturated rings. The number of H-pyrrole nitrogens is 1. The summed E-state index contributed by atoms with van der Waals surface area (Å²) in [4.78, 5) is 21.5. The van der Waals surface area contributed by atoms with Crippen LogP contribution in [0.2, 0.25) is 5.02 Å². The van der Waals surface area contributed by atoms with E-state index in [1.165, 1.54) is 6.42 Å². The van der Waals surface area contributed by atoms with Crippen LogP contribution in [0.25, 0.3) is 21.9 Å². The number of carbonyl (C=O) groups is 1. The molecule has 2 saturated heterocycles. The van der Waals surface area contributed by atoms with E-state index >= 15 is 0 Å². The molecule has 194 valence electrons. The Hall–Kier alpha value is -3.03. The second-order valence-electron chi connectivity index (χ2n) is 10.4. The highest BCUT2D eigenvalue weighted by Gasteiger charge is 2.30. The lowest BCUT2D eigenvalue weighted by atomic mass is 9.91. The Bertz CT molecular complexity index is 1400. The summed E-state index contributed by atoms with van der Waals surface area (Å²) >= 11 is 6.22. The first kappa shape index (κ1) is 24.3. The van der Waals surface area contributed by atoms with Gasteiger partial charge in [-0.2, -0.15) is 0 Å². The molecule has 6 rings (SSSR count). The van der Waals surface area contributed by atoms with Gasteiger partial charge in [-0.05, 0) is 94.1 Å². The molecular formula is C29H33ClN4O3. The molecule has 37 heavy (non-hydrogen) atoms. The van der Waals surface area contributed by atoms with Crippen molar-refractivity contribution in [3.8, 4) is 5.75 Å². The van der Waals surface area contributed by atoms with E-state index < -0.39 is 0 Å². The Balaban J connectivity index is 1.07. The second-order valence-corrected chi connectivity index (χ2v) is 10.8. The lowest BCUT2D eigenvalue weighted by molar-refractivity contribution is 0.0572. The topological polar surface area (TPSA) is 74.6 Å². The summed E-state index contributed by atoms with van der Waals surface area (Å²) in [7, 11) is 1.66. The van der Waals surface area contributed by atoms with E-state index in [1.807, 2.05) is 42.5 Å². The SMILES string of the molecule is COc1ccc2[nH]c(C(=O)N3CCCC[C@H]3CCN3CCC(c4noc5ccc(Cl)cc45)CC3)cc2c1. The molecule has 4 aromatic rings. The lowest BCUT2D eigenvalue weighted by Crippen LogP contribution is -2.46. The number of halogens is 1. The van der Waals surface area contributed by atoms with Crippen LogP contribution in [-0.4, -0.2) is 65.2 Å². The number of amides is 1. The third-order valence-corrected chi connectivity index (χ3v) is 8.39. The predicted molar refractivity (Wildman–Crippen MR) is 146 cm³/mol. The third-order valence-electron chi connectivity index (χ3n) is 8.16. The molecule has 1 amide bonds. The van der Waals surface area contributed by atoms with Crippen LogP contribution >= 0.6 is 11.6 Å². The van der Waals surface area contributed by atoms with Crippen LogP contribution in [0.5, 0.6) is 5.75 Å². The van der Waals surface area contributed by atoms with E-state index in [1.54, 1.807) is 7.11 Å². The summed E-state index contributed by atoms with van der Waals surface area (Å²) in [6.45, 7) is 3.90. The molecule has 0 unspecified atom stereocenters. The molecule has 1 N–H and O–H groups in total. The number of ether oxygens (including phenoxy) is 1. The molecule has 0 saturated carbocycles. The summed E-state index contributed by atoms with van der Waals surface area (Å²) in [5, 5.41) is 7.14. The van der Waals surface area contributed by atoms with Crippen LogP contribution < -0.4 is 4.74 Å². The first-order valence-corrected chi connectivity index (χ1v) is 13.7. The van der Waals surface area contributed by atoms with E-state index in [4.69, 9.17) is 20.9 Å². The maximum Gasteiger partial charge on any atom is 0.270 e. The minimum Gasteiger partial charge on any atom is -0.497 e. The Labute approximate surface area is 221 Å². The highest BCUT2D eigenvalue weighted by atomic mass is 35.5. The van der Waals surface area contributed by atoms with Crippen molar-refractivity contribution in [1.82, 2.24) is 19.9 Å². The Morgan fingerprint density at radius 3 is 2.81 bits per heavy atom. The molecule has 0 bridgehead atoms. The smallest absolute Gasteiger partial charge is 0.270 e. The molecule has 1 atom stereocenters. The maximum absolute atomic E-state index is 13.5. The van der Waals surface area contributed by atoms with Crippen molar-refractivity contribution in [3.05, 3.63) is 58.9 Å². The summed E-state index contributed by atoms with van der Waals surface area (Å²) < 4.78 is 10.9. The van der Waals surface area contributed by atoms with Crippen molar-refractivity contribution in [3.63, 3.8) is 0 Å². The second kappa shape index (κ2) is 10.4. The summed E-state index contributed by atoms with van der Waals surface area (Å²) in [6, 6.07) is 13.8. The van der Waals surface area contributed by atoms with Gasteiger partial charge in [0.1, 0.15) is 11.4 Å². The normalized spacial score (nSPS) is 19.6. The largest absolute Gasteiger partial charge is 0.497 e. The zero-order valence-corrected chi connectivity index (χ0v) is 22.0. The zero-order chi connectivity index (χ0) is 25.4. The van der Waals surface area contributed by atoms with E-state index in [0.717, 1.165) is 91.6 Å². The van der Waals surface area contributed by atoms with Gasteiger partial charge in [0.15, 0.2) is 5.58 Å². The van der Waals surface area contributed by atoms with E-state index in [0.29, 0.717) is 16.6 Å². The average molecular weight is 521 g/mol. The first-order valence-electron chi connectivity index (χ1n) is 13.3. The van der Waals surface area contributed by atoms with Gasteiger partial charge >= 0.3 is 0 Å². The van der Waals surface area contributed by atoms with E-state index in [-0.39, 0.29) is 11.9 Å². The molecule has 4 heterocycles. The fourth-order valence-corrected chi connectivity index (χ4v) is 6.23. The highest BCUT2D eigenvalue weighted by molar-refractivity contribution is 6.31. The molecule has 8 heteroatoms. The van der Waals surface area contributed by atoms with Crippen molar-refractivity contribution in [2.75, 3.05) is 33.3 Å². The maximum atomic E-state index is 13.5. The average Bonchev–Trinajstić information content (AvgIpc) is 3.55. The fraction of sp³-hybridized carbons (Fsp3) is 0.448. The van der Waals surface area contributed by atoms with Crippen molar-refractivity contribution in [1.29, 1.82) is 0 Å². The van der Waals surface area contributed by atoms with Crippen molar-refractivity contribution < 1.29 is 14.1 Å². The number of rotatable bonds is 6. The van der Waals surface area contributed by atoms with Crippen molar-refractivity contribution in [2.24, 2.45) is 0 Å². The van der Waals surface area contributed by atoms with Gasteiger partial charge in [0.05, 0.1) is 12.8 Å². The number of hydrogen-bond donors (Lipinski definition) is 1. The molecule has 0 aliphatic carbocycles. The molecule has 2 aromatic heterocycles. The van der Waals surface area contributed by atoms with Gasteiger partial charge < -0.3 is 24.0 Å². The number of aromatic amines is 1. The predicted octanol–water partition coefficient (Wildman–Crippen LogP) is 6.24. The first-order chi connectivity index (χ1) is 18.1. The molecule has 2 aliphatic rings. The van der Waals surface area contributed by atoms with Crippen LogP contribution in [0.15, 0.2) is 47.0 Å². The van der Waals surface area contributed by atoms with Gasteiger partial charge in [-0.25, -0.2) is 0 Å². The number of methoxy groups -OCH3 is 1. The minimum atomic E-state index is 0.107. The van der Waals surface area contributed by atoms with Gasteiger partial charge in [-0.3, -0.25) is 4.79 Å². The summed E-state index contributed by atoms with van der Waals surface area (Å²) in [6.07, 6.45) is 6.44. The number of nitrogens with one attached hydrogen (secondary N) is 1. The highest BCUT2D eigenvalue weighted by Crippen LogP contribution is 2.34. The van der Waals surface area contributed by atoms with Crippen LogP contribution in [0.1, 0.15) is 60.6 Å². The Morgan fingerprint density at radius 2 is 1.97 bits per heavy atom. The fourth-order valence-electron chi connectivity index (χ4n) is 6.06. The van der Waals surface area contributed by atoms with Gasteiger partial charge in [-0.15, -0.1) is 0 Å². The summed E-state index contributed by atoms with van der Waals surface area (Å²) in [5.74, 6) is 1.30. The number of benzene rings is 2. The Kier molecular flexibility index (Phi) is 6.82. The van der Waals surface area contributed by atoms with Crippen LogP contribution in [0.3, 0.4) is 0 Å². The zero-order valence-electron chi connectivity index (χ0n) is 21.2. The minimum absolute atomic E-state index is 0.107. The quantitative estimate of drug-likeness (QED) is 0.326. The molecular weight excluding hydrogens is 488 g/mol.